The summed E-state index contributed by atoms with van der Waals surface area (Å²) in [5.41, 5.74) is 18.3. The number of furan rings is 1. The van der Waals surface area contributed by atoms with Gasteiger partial charge in [-0.2, -0.15) is 0 Å². The fraction of sp³-hybridized carbons (Fsp3) is 0.333. The van der Waals surface area contributed by atoms with Gasteiger partial charge in [0.25, 0.3) is 0 Å². The second-order valence-corrected chi connectivity index (χ2v) is 20.0. The van der Waals surface area contributed by atoms with Crippen molar-refractivity contribution >= 4 is 39.0 Å². The standard InChI is InChI=1S/C54H49NO/c1-51(2)23-24-52(3,4)46-29-37(19-22-44(46)51)55(38-18-21-42-41-10-6-8-12-47(41)56-48(42)30-38)36-16-13-33(14-17-36)34-15-20-40-39-9-5-7-11-43(39)54(45(40)27-34)49-26-32-25-35-28-50(54)53(35,49)31-32/h5-22,27,29-30,32,35,49-50H,23-26,28,31H2,1-4H3. The Balaban J connectivity index is 0.930. The number of nitrogens with zero attached hydrogens (tertiary/aromatic N) is 1. The molecule has 276 valence electrons. The molecule has 2 spiro atoms. The van der Waals surface area contributed by atoms with Crippen LogP contribution >= 0.6 is 0 Å². The number of hydrogen-bond donors (Lipinski definition) is 0. The molecule has 6 aromatic carbocycles. The molecular weight excluding hydrogens is 679 g/mol. The average Bonchev–Trinajstić information content (AvgIpc) is 3.94. The van der Waals surface area contributed by atoms with Gasteiger partial charge in [-0.15, -0.1) is 0 Å². The van der Waals surface area contributed by atoms with Crippen molar-refractivity contribution in [1.29, 1.82) is 0 Å². The Hall–Kier alpha value is -5.08. The molecule has 6 unspecified atom stereocenters. The maximum atomic E-state index is 6.46. The quantitative estimate of drug-likeness (QED) is 0.179. The first-order valence-corrected chi connectivity index (χ1v) is 21.4. The third kappa shape index (κ3) is 3.80. The van der Waals surface area contributed by atoms with E-state index >= 15 is 0 Å². The topological polar surface area (TPSA) is 16.4 Å². The molecule has 56 heavy (non-hydrogen) atoms. The highest BCUT2D eigenvalue weighted by atomic mass is 16.3. The van der Waals surface area contributed by atoms with Gasteiger partial charge in [0.05, 0.1) is 0 Å². The van der Waals surface area contributed by atoms with Crippen LogP contribution < -0.4 is 4.90 Å². The van der Waals surface area contributed by atoms with Crippen LogP contribution in [0.3, 0.4) is 0 Å². The van der Waals surface area contributed by atoms with Crippen molar-refractivity contribution in [1.82, 2.24) is 0 Å². The fourth-order valence-corrected chi connectivity index (χ4v) is 14.3. The molecule has 7 aromatic rings. The number of fused-ring (bicyclic) bond motifs is 12. The Bertz CT molecular complexity index is 2820. The summed E-state index contributed by atoms with van der Waals surface area (Å²) in [4.78, 5) is 2.44. The lowest BCUT2D eigenvalue weighted by molar-refractivity contribution is -0.231. The molecule has 6 aliphatic rings. The van der Waals surface area contributed by atoms with Crippen LogP contribution in [0, 0.1) is 29.1 Å². The smallest absolute Gasteiger partial charge is 0.137 e. The molecule has 2 heteroatoms. The molecular formula is C54H49NO. The molecule has 13 rings (SSSR count). The SMILES string of the molecule is CC1(C)CCC(C)(C)c2cc(N(c3ccc(-c4ccc5c(c4)C4(c6ccccc6-5)C5CC6CC7CC4C75C6)cc3)c3ccc4c(c3)oc3ccccc34)ccc21. The molecule has 0 aliphatic heterocycles. The zero-order valence-corrected chi connectivity index (χ0v) is 33.0. The number of hydrogen-bond acceptors (Lipinski definition) is 2. The summed E-state index contributed by atoms with van der Waals surface area (Å²) in [6.07, 6.45) is 8.28. The van der Waals surface area contributed by atoms with Crippen molar-refractivity contribution in [3.63, 3.8) is 0 Å². The highest BCUT2D eigenvalue weighted by Gasteiger charge is 2.84. The zero-order chi connectivity index (χ0) is 37.3. The highest BCUT2D eigenvalue weighted by Crippen LogP contribution is 2.89. The molecule has 0 saturated heterocycles. The van der Waals surface area contributed by atoms with Gasteiger partial charge >= 0.3 is 0 Å². The Labute approximate surface area is 330 Å². The summed E-state index contributed by atoms with van der Waals surface area (Å²) in [5, 5.41) is 2.32. The Morgan fingerprint density at radius 3 is 2.05 bits per heavy atom. The van der Waals surface area contributed by atoms with Crippen LogP contribution in [0.15, 0.2) is 132 Å². The first-order valence-electron chi connectivity index (χ1n) is 21.4. The number of benzene rings is 6. The van der Waals surface area contributed by atoms with Crippen LogP contribution in [0.2, 0.25) is 0 Å². The van der Waals surface area contributed by atoms with E-state index in [4.69, 9.17) is 4.42 Å². The summed E-state index contributed by atoms with van der Waals surface area (Å²) in [6, 6.07) is 48.7. The molecule has 6 atom stereocenters. The molecule has 2 nitrogen and oxygen atoms in total. The van der Waals surface area contributed by atoms with Gasteiger partial charge in [0.1, 0.15) is 11.2 Å². The number of anilines is 3. The third-order valence-electron chi connectivity index (χ3n) is 16.8. The molecule has 4 fully saturated rings. The van der Waals surface area contributed by atoms with Gasteiger partial charge < -0.3 is 9.32 Å². The fourth-order valence-electron chi connectivity index (χ4n) is 14.3. The summed E-state index contributed by atoms with van der Waals surface area (Å²) >= 11 is 0. The van der Waals surface area contributed by atoms with Crippen LogP contribution in [0.25, 0.3) is 44.2 Å². The molecule has 1 heterocycles. The van der Waals surface area contributed by atoms with Crippen LogP contribution in [-0.2, 0) is 16.2 Å². The molecule has 0 N–H and O–H groups in total. The van der Waals surface area contributed by atoms with E-state index in [0.29, 0.717) is 5.41 Å². The lowest BCUT2D eigenvalue weighted by Gasteiger charge is -2.76. The van der Waals surface area contributed by atoms with Crippen LogP contribution in [0.1, 0.15) is 88.5 Å². The van der Waals surface area contributed by atoms with Crippen LogP contribution in [0.5, 0.6) is 0 Å². The average molecular weight is 728 g/mol. The Morgan fingerprint density at radius 1 is 0.518 bits per heavy atom. The van der Waals surface area contributed by atoms with Gasteiger partial charge in [-0.1, -0.05) is 100 Å². The maximum absolute atomic E-state index is 6.46. The maximum Gasteiger partial charge on any atom is 0.137 e. The molecule has 1 aromatic heterocycles. The van der Waals surface area contributed by atoms with E-state index in [0.717, 1.165) is 57.0 Å². The minimum atomic E-state index is 0.113. The largest absolute Gasteiger partial charge is 0.456 e. The van der Waals surface area contributed by atoms with E-state index in [-0.39, 0.29) is 16.2 Å². The lowest BCUT2D eigenvalue weighted by Crippen LogP contribution is -2.73. The molecule has 2 bridgehead atoms. The van der Waals surface area contributed by atoms with Gasteiger partial charge in [-0.05, 0) is 171 Å². The predicted molar refractivity (Wildman–Crippen MR) is 230 cm³/mol. The van der Waals surface area contributed by atoms with E-state index in [1.54, 1.807) is 11.1 Å². The molecule has 6 aliphatic carbocycles. The van der Waals surface area contributed by atoms with E-state index in [9.17, 15) is 0 Å². The lowest BCUT2D eigenvalue weighted by atomic mass is 9.27. The van der Waals surface area contributed by atoms with Crippen molar-refractivity contribution in [2.24, 2.45) is 29.1 Å². The van der Waals surface area contributed by atoms with Crippen molar-refractivity contribution in [3.05, 3.63) is 150 Å². The Kier molecular flexibility index (Phi) is 5.98. The zero-order valence-electron chi connectivity index (χ0n) is 33.0. The van der Waals surface area contributed by atoms with E-state index < -0.39 is 0 Å². The van der Waals surface area contributed by atoms with Crippen molar-refractivity contribution in [2.75, 3.05) is 4.90 Å². The first kappa shape index (κ1) is 32.1. The highest BCUT2D eigenvalue weighted by molar-refractivity contribution is 6.06. The van der Waals surface area contributed by atoms with Crippen LogP contribution in [0.4, 0.5) is 17.1 Å². The van der Waals surface area contributed by atoms with Crippen molar-refractivity contribution in [2.45, 2.75) is 82.5 Å². The summed E-state index contributed by atoms with van der Waals surface area (Å²) in [5.74, 6) is 3.60. The summed E-state index contributed by atoms with van der Waals surface area (Å²) in [6.45, 7) is 9.67. The molecule has 0 amide bonds. The van der Waals surface area contributed by atoms with Crippen molar-refractivity contribution in [3.8, 4) is 22.3 Å². The van der Waals surface area contributed by atoms with Gasteiger partial charge in [-0.25, -0.2) is 0 Å². The van der Waals surface area contributed by atoms with Gasteiger partial charge in [0.2, 0.25) is 0 Å². The van der Waals surface area contributed by atoms with Crippen LogP contribution in [-0.4, -0.2) is 0 Å². The summed E-state index contributed by atoms with van der Waals surface area (Å²) < 4.78 is 6.46. The monoisotopic (exact) mass is 727 g/mol. The second kappa shape index (κ2) is 10.5. The van der Waals surface area contributed by atoms with Gasteiger partial charge in [0.15, 0.2) is 0 Å². The molecule has 0 radical (unpaired) electrons. The van der Waals surface area contributed by atoms with E-state index in [1.165, 1.54) is 77.6 Å². The second-order valence-electron chi connectivity index (χ2n) is 20.0. The normalized spacial score (nSPS) is 29.1. The van der Waals surface area contributed by atoms with Gasteiger partial charge in [-0.3, -0.25) is 0 Å². The van der Waals surface area contributed by atoms with E-state index in [1.807, 2.05) is 0 Å². The number of rotatable bonds is 4. The number of para-hydroxylation sites is 1. The molecule has 4 saturated carbocycles. The Morgan fingerprint density at radius 2 is 1.20 bits per heavy atom. The summed E-state index contributed by atoms with van der Waals surface area (Å²) in [7, 11) is 0. The minimum Gasteiger partial charge on any atom is -0.456 e. The third-order valence-corrected chi connectivity index (χ3v) is 16.8. The van der Waals surface area contributed by atoms with Gasteiger partial charge in [0, 0.05) is 39.3 Å². The predicted octanol–water partition coefficient (Wildman–Crippen LogP) is 14.4. The van der Waals surface area contributed by atoms with E-state index in [2.05, 4.69) is 160 Å². The van der Waals surface area contributed by atoms with Crippen molar-refractivity contribution < 1.29 is 4.42 Å². The minimum absolute atomic E-state index is 0.113. The first-order chi connectivity index (χ1) is 27.2.